The number of anilines is 2. The summed E-state index contributed by atoms with van der Waals surface area (Å²) in [7, 11) is 2.88. The smallest absolute Gasteiger partial charge is 0.411 e. The number of hydrogen-bond donors (Lipinski definition) is 2. The molecule has 6 nitrogen and oxygen atoms in total. The van der Waals surface area contributed by atoms with E-state index in [1.165, 1.54) is 7.11 Å². The molecule has 0 bridgehead atoms. The zero-order valence-electron chi connectivity index (χ0n) is 9.80. The molecular formula is C9H12F3N5O. The largest absolute Gasteiger partial charge is 0.467 e. The SMILES string of the molecule is CNc1nc(NC2(C(F)(F)F)CC2)nc(OC)n1. The summed E-state index contributed by atoms with van der Waals surface area (Å²) < 4.78 is 43.1. The van der Waals surface area contributed by atoms with E-state index in [9.17, 15) is 13.2 Å². The van der Waals surface area contributed by atoms with Gasteiger partial charge in [0.25, 0.3) is 0 Å². The van der Waals surface area contributed by atoms with Gasteiger partial charge < -0.3 is 15.4 Å². The lowest BCUT2D eigenvalue weighted by Crippen LogP contribution is -2.39. The molecule has 1 heterocycles. The topological polar surface area (TPSA) is 72.0 Å². The van der Waals surface area contributed by atoms with Crippen molar-refractivity contribution in [2.45, 2.75) is 24.6 Å². The van der Waals surface area contributed by atoms with Gasteiger partial charge >= 0.3 is 12.2 Å². The first-order valence-corrected chi connectivity index (χ1v) is 5.23. The molecule has 1 saturated carbocycles. The highest BCUT2D eigenvalue weighted by Crippen LogP contribution is 2.50. The van der Waals surface area contributed by atoms with Crippen LogP contribution >= 0.6 is 0 Å². The molecule has 0 aliphatic heterocycles. The van der Waals surface area contributed by atoms with Crippen molar-refractivity contribution in [1.29, 1.82) is 0 Å². The Bertz CT molecular complexity index is 424. The van der Waals surface area contributed by atoms with E-state index in [0.29, 0.717) is 0 Å². The van der Waals surface area contributed by atoms with Crippen LogP contribution in [-0.2, 0) is 0 Å². The number of rotatable bonds is 4. The van der Waals surface area contributed by atoms with Crippen LogP contribution in [0.5, 0.6) is 6.01 Å². The van der Waals surface area contributed by atoms with Crippen molar-refractivity contribution in [3.05, 3.63) is 0 Å². The number of ether oxygens (including phenoxy) is 1. The highest BCUT2D eigenvalue weighted by molar-refractivity contribution is 5.40. The van der Waals surface area contributed by atoms with E-state index in [2.05, 4.69) is 25.6 Å². The molecule has 0 spiro atoms. The lowest BCUT2D eigenvalue weighted by Gasteiger charge is -2.20. The first-order chi connectivity index (χ1) is 8.40. The van der Waals surface area contributed by atoms with Crippen LogP contribution in [0.25, 0.3) is 0 Å². The maximum absolute atomic E-state index is 12.8. The van der Waals surface area contributed by atoms with Crippen molar-refractivity contribution < 1.29 is 17.9 Å². The number of halogens is 3. The van der Waals surface area contributed by atoms with E-state index < -0.39 is 11.7 Å². The van der Waals surface area contributed by atoms with E-state index in [1.54, 1.807) is 7.05 Å². The second kappa shape index (κ2) is 4.14. The molecule has 0 unspecified atom stereocenters. The third kappa shape index (κ3) is 2.24. The van der Waals surface area contributed by atoms with Crippen LogP contribution in [0.4, 0.5) is 25.1 Å². The van der Waals surface area contributed by atoms with Crippen LogP contribution in [0.3, 0.4) is 0 Å². The van der Waals surface area contributed by atoms with Gasteiger partial charge in [-0.05, 0) is 12.8 Å². The Kier molecular flexibility index (Phi) is 2.91. The van der Waals surface area contributed by atoms with Crippen LogP contribution in [0.2, 0.25) is 0 Å². The molecular weight excluding hydrogens is 251 g/mol. The molecule has 1 aliphatic rings. The van der Waals surface area contributed by atoms with Crippen LogP contribution in [0, 0.1) is 0 Å². The molecule has 1 aliphatic carbocycles. The monoisotopic (exact) mass is 263 g/mol. The summed E-state index contributed by atoms with van der Waals surface area (Å²) in [6.45, 7) is 0. The first kappa shape index (κ1) is 12.7. The van der Waals surface area contributed by atoms with Crippen LogP contribution in [0.1, 0.15) is 12.8 Å². The fourth-order valence-electron chi connectivity index (χ4n) is 1.43. The second-order valence-corrected chi connectivity index (χ2v) is 3.92. The summed E-state index contributed by atoms with van der Waals surface area (Å²) in [6.07, 6.45) is -4.30. The highest BCUT2D eigenvalue weighted by atomic mass is 19.4. The zero-order chi connectivity index (χ0) is 13.4. The van der Waals surface area contributed by atoms with Gasteiger partial charge in [0.1, 0.15) is 5.54 Å². The first-order valence-electron chi connectivity index (χ1n) is 5.23. The van der Waals surface area contributed by atoms with E-state index in [0.717, 1.165) is 0 Å². The van der Waals surface area contributed by atoms with Crippen molar-refractivity contribution in [2.24, 2.45) is 0 Å². The molecule has 2 rings (SSSR count). The van der Waals surface area contributed by atoms with E-state index in [4.69, 9.17) is 4.74 Å². The Balaban J connectivity index is 2.24. The molecule has 100 valence electrons. The molecule has 18 heavy (non-hydrogen) atoms. The molecule has 0 aromatic carbocycles. The number of methoxy groups -OCH3 is 1. The molecule has 9 heteroatoms. The van der Waals surface area contributed by atoms with E-state index >= 15 is 0 Å². The summed E-state index contributed by atoms with van der Waals surface area (Å²) in [6, 6.07) is -0.0465. The van der Waals surface area contributed by atoms with Gasteiger partial charge in [-0.2, -0.15) is 28.1 Å². The van der Waals surface area contributed by atoms with Crippen LogP contribution in [0.15, 0.2) is 0 Å². The Morgan fingerprint density at radius 1 is 1.17 bits per heavy atom. The lowest BCUT2D eigenvalue weighted by atomic mass is 10.3. The maximum Gasteiger partial charge on any atom is 0.411 e. The van der Waals surface area contributed by atoms with Gasteiger partial charge in [0.2, 0.25) is 11.9 Å². The summed E-state index contributed by atoms with van der Waals surface area (Å²) in [4.78, 5) is 11.4. The minimum Gasteiger partial charge on any atom is -0.467 e. The molecule has 0 atom stereocenters. The fraction of sp³-hybridized carbons (Fsp3) is 0.667. The Morgan fingerprint density at radius 3 is 2.22 bits per heavy atom. The van der Waals surface area contributed by atoms with Crippen molar-refractivity contribution in [3.63, 3.8) is 0 Å². The fourth-order valence-corrected chi connectivity index (χ4v) is 1.43. The summed E-state index contributed by atoms with van der Waals surface area (Å²) in [5.74, 6) is -0.0108. The predicted molar refractivity (Wildman–Crippen MR) is 57.6 cm³/mol. The summed E-state index contributed by atoms with van der Waals surface area (Å²) >= 11 is 0. The van der Waals surface area contributed by atoms with Crippen molar-refractivity contribution in [3.8, 4) is 6.01 Å². The number of nitrogens with one attached hydrogen (secondary N) is 2. The van der Waals surface area contributed by atoms with Gasteiger partial charge in [0, 0.05) is 7.05 Å². The summed E-state index contributed by atoms with van der Waals surface area (Å²) in [5, 5.41) is 4.94. The minimum atomic E-state index is -4.33. The third-order valence-electron chi connectivity index (χ3n) is 2.66. The third-order valence-corrected chi connectivity index (χ3v) is 2.66. The highest BCUT2D eigenvalue weighted by Gasteiger charge is 2.64. The standard InChI is InChI=1S/C9H12F3N5O/c1-13-5-14-6(16-7(15-5)18-2)17-8(3-4-8)9(10,11)12/h3-4H2,1-2H3,(H2,13,14,15,16,17). The van der Waals surface area contributed by atoms with E-state index in [-0.39, 0.29) is 30.7 Å². The second-order valence-electron chi connectivity index (χ2n) is 3.92. The molecule has 0 radical (unpaired) electrons. The quantitative estimate of drug-likeness (QED) is 0.856. The predicted octanol–water partition coefficient (Wildman–Crippen LogP) is 1.43. The number of nitrogens with zero attached hydrogens (tertiary/aromatic N) is 3. The van der Waals surface area contributed by atoms with Crippen LogP contribution < -0.4 is 15.4 Å². The number of alkyl halides is 3. The average Bonchev–Trinajstić information content (AvgIpc) is 3.08. The lowest BCUT2D eigenvalue weighted by molar-refractivity contribution is -0.151. The van der Waals surface area contributed by atoms with E-state index in [1.807, 2.05) is 0 Å². The minimum absolute atomic E-state index is 0.0133. The molecule has 1 fully saturated rings. The van der Waals surface area contributed by atoms with Gasteiger partial charge in [0.05, 0.1) is 7.11 Å². The normalized spacial score (nSPS) is 17.2. The number of hydrogen-bond acceptors (Lipinski definition) is 6. The molecule has 0 amide bonds. The van der Waals surface area contributed by atoms with Gasteiger partial charge in [-0.1, -0.05) is 0 Å². The Morgan fingerprint density at radius 2 is 1.78 bits per heavy atom. The molecule has 2 N–H and O–H groups in total. The van der Waals surface area contributed by atoms with Gasteiger partial charge in [-0.3, -0.25) is 0 Å². The number of aromatic nitrogens is 3. The summed E-state index contributed by atoms with van der Waals surface area (Å²) in [5.41, 5.74) is -1.91. The van der Waals surface area contributed by atoms with Crippen molar-refractivity contribution in [2.75, 3.05) is 24.8 Å². The van der Waals surface area contributed by atoms with Crippen LogP contribution in [-0.4, -0.2) is 40.8 Å². The Hall–Kier alpha value is -1.80. The van der Waals surface area contributed by atoms with Gasteiger partial charge in [0.15, 0.2) is 0 Å². The zero-order valence-corrected chi connectivity index (χ0v) is 9.80. The maximum atomic E-state index is 12.8. The average molecular weight is 263 g/mol. The van der Waals surface area contributed by atoms with Crippen molar-refractivity contribution >= 4 is 11.9 Å². The van der Waals surface area contributed by atoms with Gasteiger partial charge in [-0.15, -0.1) is 0 Å². The Labute approximate surface area is 101 Å². The van der Waals surface area contributed by atoms with Crippen molar-refractivity contribution in [1.82, 2.24) is 15.0 Å². The van der Waals surface area contributed by atoms with Gasteiger partial charge in [-0.25, -0.2) is 0 Å². The molecule has 1 aromatic rings. The molecule has 0 saturated heterocycles. The molecule has 1 aromatic heterocycles.